The quantitative estimate of drug-likeness (QED) is 0.651. The fraction of sp³-hybridized carbons (Fsp3) is 0.522. The van der Waals surface area contributed by atoms with Crippen LogP contribution in [-0.4, -0.2) is 69.6 Å². The maximum atomic E-state index is 12.3. The van der Waals surface area contributed by atoms with Crippen LogP contribution in [0, 0.1) is 5.92 Å². The summed E-state index contributed by atoms with van der Waals surface area (Å²) >= 11 is 0. The first-order valence-electron chi connectivity index (χ1n) is 10.8. The molecule has 1 aliphatic heterocycles. The highest BCUT2D eigenvalue weighted by molar-refractivity contribution is 5.96. The third-order valence-corrected chi connectivity index (χ3v) is 5.37. The Hall–Kier alpha value is -3.07. The van der Waals surface area contributed by atoms with Gasteiger partial charge in [0, 0.05) is 60.4 Å². The number of aliphatic carboxylic acids is 1. The van der Waals surface area contributed by atoms with Crippen LogP contribution in [0.5, 0.6) is 0 Å². The zero-order chi connectivity index (χ0) is 23.6. The molecule has 3 N–H and O–H groups in total. The van der Waals surface area contributed by atoms with Gasteiger partial charge in [0.05, 0.1) is 0 Å². The largest absolute Gasteiger partial charge is 0.480 e. The summed E-state index contributed by atoms with van der Waals surface area (Å²) in [5, 5.41) is 13.6. The number of piperazine rings is 1. The molecule has 9 heteroatoms. The van der Waals surface area contributed by atoms with Crippen molar-refractivity contribution in [3.63, 3.8) is 0 Å². The van der Waals surface area contributed by atoms with Crippen molar-refractivity contribution in [2.75, 3.05) is 31.5 Å². The summed E-state index contributed by atoms with van der Waals surface area (Å²) in [6, 6.07) is 4.54. The Kier molecular flexibility index (Phi) is 6.78. The van der Waals surface area contributed by atoms with Gasteiger partial charge in [-0.15, -0.1) is 0 Å². The van der Waals surface area contributed by atoms with Gasteiger partial charge in [-0.2, -0.15) is 0 Å². The van der Waals surface area contributed by atoms with E-state index in [0.717, 1.165) is 10.9 Å². The average Bonchev–Trinajstić information content (AvgIpc) is 3.10. The first kappa shape index (κ1) is 23.6. The number of carbonyl (C=O) groups is 3. The number of amides is 2. The number of hydrogen-bond acceptors (Lipinski definition) is 5. The smallest absolute Gasteiger partial charge is 0.410 e. The molecule has 9 nitrogen and oxygen atoms in total. The molecule has 2 aromatic rings. The van der Waals surface area contributed by atoms with E-state index in [1.165, 1.54) is 0 Å². The summed E-state index contributed by atoms with van der Waals surface area (Å²) < 4.78 is 5.42. The molecule has 32 heavy (non-hydrogen) atoms. The zero-order valence-corrected chi connectivity index (χ0v) is 19.3. The molecule has 1 saturated heterocycles. The molecule has 1 aromatic heterocycles. The van der Waals surface area contributed by atoms with Gasteiger partial charge in [0.1, 0.15) is 11.6 Å². The van der Waals surface area contributed by atoms with Crippen LogP contribution in [-0.2, 0) is 14.3 Å². The van der Waals surface area contributed by atoms with Gasteiger partial charge in [-0.25, -0.2) is 4.79 Å². The molecule has 0 saturated carbocycles. The molecule has 0 aliphatic carbocycles. The minimum Gasteiger partial charge on any atom is -0.480 e. The van der Waals surface area contributed by atoms with Gasteiger partial charge < -0.3 is 25.0 Å². The molecular weight excluding hydrogens is 412 g/mol. The van der Waals surface area contributed by atoms with Crippen molar-refractivity contribution >= 4 is 34.6 Å². The van der Waals surface area contributed by atoms with Crippen molar-refractivity contribution in [2.45, 2.75) is 46.3 Å². The second kappa shape index (κ2) is 9.20. The molecule has 0 spiro atoms. The van der Waals surface area contributed by atoms with Crippen molar-refractivity contribution in [1.29, 1.82) is 0 Å². The highest BCUT2D eigenvalue weighted by atomic mass is 16.6. The number of aromatic nitrogens is 1. The number of nitrogens with zero attached hydrogens (tertiary/aromatic N) is 2. The van der Waals surface area contributed by atoms with Gasteiger partial charge in [0.15, 0.2) is 0 Å². The Bertz CT molecular complexity index is 999. The molecule has 3 rings (SSSR count). The summed E-state index contributed by atoms with van der Waals surface area (Å²) in [5.74, 6) is -1.23. The molecule has 1 aliphatic rings. The molecule has 0 bridgehead atoms. The van der Waals surface area contributed by atoms with E-state index < -0.39 is 17.6 Å². The monoisotopic (exact) mass is 444 g/mol. The Morgan fingerprint density at radius 3 is 2.34 bits per heavy atom. The lowest BCUT2D eigenvalue weighted by Crippen LogP contribution is -2.51. The highest BCUT2D eigenvalue weighted by Gasteiger charge is 2.34. The van der Waals surface area contributed by atoms with Crippen molar-refractivity contribution in [3.05, 3.63) is 30.0 Å². The minimum absolute atomic E-state index is 0.102. The molecule has 1 aromatic carbocycles. The van der Waals surface area contributed by atoms with E-state index >= 15 is 0 Å². The third-order valence-electron chi connectivity index (χ3n) is 5.37. The summed E-state index contributed by atoms with van der Waals surface area (Å²) in [6.07, 6.45) is 1.32. The van der Waals surface area contributed by atoms with Crippen LogP contribution in [0.2, 0.25) is 0 Å². The number of anilines is 1. The topological polar surface area (TPSA) is 115 Å². The number of carbonyl (C=O) groups excluding carboxylic acids is 2. The molecule has 0 unspecified atom stereocenters. The van der Waals surface area contributed by atoms with Gasteiger partial charge in [0.2, 0.25) is 5.91 Å². The molecule has 1 atom stereocenters. The maximum Gasteiger partial charge on any atom is 0.410 e. The second-order valence-corrected chi connectivity index (χ2v) is 9.39. The van der Waals surface area contributed by atoms with Gasteiger partial charge in [-0.3, -0.25) is 14.5 Å². The van der Waals surface area contributed by atoms with E-state index in [0.29, 0.717) is 37.4 Å². The number of carboxylic acids is 1. The summed E-state index contributed by atoms with van der Waals surface area (Å²) in [4.78, 5) is 43.3. The van der Waals surface area contributed by atoms with E-state index in [1.807, 2.05) is 45.6 Å². The fourth-order valence-electron chi connectivity index (χ4n) is 3.71. The number of benzene rings is 1. The number of aromatic amines is 1. The Labute approximate surface area is 187 Å². The molecular formula is C23H32N4O5. The standard InChI is InChI=1S/C23H32N4O5/c1-14(2)20(28)25-15-6-7-18-16(12-15)17(13-24-18)19(21(29)30)26-8-10-27(11-9-26)22(31)32-23(3,4)5/h6-7,12-14,19,24H,8-11H2,1-5H3,(H,25,28)(H,29,30)/t19-/m0/s1. The van der Waals surface area contributed by atoms with Crippen molar-refractivity contribution in [3.8, 4) is 0 Å². The third kappa shape index (κ3) is 5.40. The van der Waals surface area contributed by atoms with Crippen molar-refractivity contribution in [1.82, 2.24) is 14.8 Å². The van der Waals surface area contributed by atoms with Crippen LogP contribution in [0.4, 0.5) is 10.5 Å². The summed E-state index contributed by atoms with van der Waals surface area (Å²) in [5.41, 5.74) is 1.46. The molecule has 2 amide bonds. The first-order chi connectivity index (χ1) is 15.0. The van der Waals surface area contributed by atoms with Crippen LogP contribution in [0.1, 0.15) is 46.2 Å². The number of carboxylic acid groups (broad SMARTS) is 1. The predicted octanol–water partition coefficient (Wildman–Crippen LogP) is 3.44. The van der Waals surface area contributed by atoms with E-state index in [-0.39, 0.29) is 17.9 Å². The fourth-order valence-corrected chi connectivity index (χ4v) is 3.71. The lowest BCUT2D eigenvalue weighted by atomic mass is 10.0. The van der Waals surface area contributed by atoms with E-state index in [9.17, 15) is 19.5 Å². The van der Waals surface area contributed by atoms with Crippen LogP contribution in [0.25, 0.3) is 10.9 Å². The van der Waals surface area contributed by atoms with Gasteiger partial charge >= 0.3 is 12.1 Å². The number of hydrogen-bond donors (Lipinski definition) is 3. The number of fused-ring (bicyclic) bond motifs is 1. The lowest BCUT2D eigenvalue weighted by Gasteiger charge is -2.38. The van der Waals surface area contributed by atoms with Crippen LogP contribution < -0.4 is 5.32 Å². The molecule has 174 valence electrons. The van der Waals surface area contributed by atoms with Crippen LogP contribution >= 0.6 is 0 Å². The molecule has 1 fully saturated rings. The number of ether oxygens (including phenoxy) is 1. The van der Waals surface area contributed by atoms with E-state index in [2.05, 4.69) is 10.3 Å². The summed E-state index contributed by atoms with van der Waals surface area (Å²) in [7, 11) is 0. The van der Waals surface area contributed by atoms with E-state index in [4.69, 9.17) is 4.74 Å². The van der Waals surface area contributed by atoms with Crippen molar-refractivity contribution < 1.29 is 24.2 Å². The Balaban J connectivity index is 1.80. The van der Waals surface area contributed by atoms with Gasteiger partial charge in [0.25, 0.3) is 0 Å². The molecule has 0 radical (unpaired) electrons. The Morgan fingerprint density at radius 2 is 1.78 bits per heavy atom. The van der Waals surface area contributed by atoms with Gasteiger partial charge in [-0.1, -0.05) is 13.8 Å². The SMILES string of the molecule is CC(C)C(=O)Nc1ccc2[nH]cc([C@@H](C(=O)O)N3CCN(C(=O)OC(C)(C)C)CC3)c2c1. The second-order valence-electron chi connectivity index (χ2n) is 9.39. The maximum absolute atomic E-state index is 12.3. The normalized spacial score (nSPS) is 16.2. The highest BCUT2D eigenvalue weighted by Crippen LogP contribution is 2.31. The van der Waals surface area contributed by atoms with Crippen LogP contribution in [0.15, 0.2) is 24.4 Å². The number of nitrogens with one attached hydrogen (secondary N) is 2. The molecule has 2 heterocycles. The number of rotatable bonds is 5. The Morgan fingerprint density at radius 1 is 1.12 bits per heavy atom. The van der Waals surface area contributed by atoms with Gasteiger partial charge in [-0.05, 0) is 39.0 Å². The number of H-pyrrole nitrogens is 1. The minimum atomic E-state index is -0.965. The predicted molar refractivity (Wildman–Crippen MR) is 122 cm³/mol. The average molecular weight is 445 g/mol. The lowest BCUT2D eigenvalue weighted by molar-refractivity contribution is -0.144. The summed E-state index contributed by atoms with van der Waals surface area (Å²) in [6.45, 7) is 10.7. The first-order valence-corrected chi connectivity index (χ1v) is 10.8. The zero-order valence-electron chi connectivity index (χ0n) is 19.3. The van der Waals surface area contributed by atoms with Crippen LogP contribution in [0.3, 0.4) is 0 Å². The van der Waals surface area contributed by atoms with Crippen molar-refractivity contribution in [2.24, 2.45) is 5.92 Å². The van der Waals surface area contributed by atoms with E-state index in [1.54, 1.807) is 23.2 Å².